The summed E-state index contributed by atoms with van der Waals surface area (Å²) in [6.45, 7) is 17.9. The second kappa shape index (κ2) is 25.4. The van der Waals surface area contributed by atoms with Gasteiger partial charge in [-0.2, -0.15) is 5.26 Å². The van der Waals surface area contributed by atoms with E-state index < -0.39 is 45.6 Å². The number of nitrogens with zero attached hydrogens (tertiary/aromatic N) is 3. The van der Waals surface area contributed by atoms with Crippen LogP contribution in [0.2, 0.25) is 0 Å². The fourth-order valence-corrected chi connectivity index (χ4v) is 8.12. The van der Waals surface area contributed by atoms with Gasteiger partial charge in [0.25, 0.3) is 11.8 Å². The lowest BCUT2D eigenvalue weighted by Gasteiger charge is -2.25. The predicted octanol–water partition coefficient (Wildman–Crippen LogP) is 15.3. The van der Waals surface area contributed by atoms with Gasteiger partial charge in [0.05, 0.1) is 17.0 Å². The van der Waals surface area contributed by atoms with Crippen LogP contribution in [0.25, 0.3) is 38.7 Å². The summed E-state index contributed by atoms with van der Waals surface area (Å²) >= 11 is 0. The van der Waals surface area contributed by atoms with E-state index in [2.05, 4.69) is 52.7 Å². The predicted molar refractivity (Wildman–Crippen MR) is 286 cm³/mol. The van der Waals surface area contributed by atoms with E-state index in [1.807, 2.05) is 84.0 Å². The number of amides is 2. The number of allylic oxidation sites excluding steroid dienone is 1. The SMILES string of the molecule is CC(C)(C/C=C/c1ccccc1)NC(=O)c1ccc2c(F)c(F)ccc2c1.CC(C)CC(C)(C#N)CC(=O)c1cnc2c(F)cccc2c1.CC(C)CC=CCC(C)(C)NC(=O)c1cnc2c(F)c(F)ccc2c1. The third kappa shape index (κ3) is 16.5. The number of ketones is 1. The average molecular weight is 1010 g/mol. The highest BCUT2D eigenvalue weighted by atomic mass is 19.2. The maximum Gasteiger partial charge on any atom is 0.253 e. The van der Waals surface area contributed by atoms with E-state index in [0.717, 1.165) is 24.1 Å². The molecule has 1 atom stereocenters. The zero-order chi connectivity index (χ0) is 54.4. The fraction of sp³-hybridized carbons (Fsp3) is 0.311. The lowest BCUT2D eigenvalue weighted by molar-refractivity contribution is 0.0904. The Morgan fingerprint density at radius 1 is 0.595 bits per heavy atom. The number of nitriles is 1. The number of carbonyl (C=O) groups excluding carboxylic acids is 3. The van der Waals surface area contributed by atoms with Crippen LogP contribution in [0.1, 0.15) is 131 Å². The first-order valence-electron chi connectivity index (χ1n) is 24.5. The van der Waals surface area contributed by atoms with E-state index >= 15 is 0 Å². The van der Waals surface area contributed by atoms with Crippen molar-refractivity contribution < 1.29 is 36.3 Å². The molecule has 5 aromatic carbocycles. The highest BCUT2D eigenvalue weighted by Crippen LogP contribution is 2.31. The van der Waals surface area contributed by atoms with Crippen molar-refractivity contribution in [2.45, 2.75) is 105 Å². The summed E-state index contributed by atoms with van der Waals surface area (Å²) in [7, 11) is 0. The zero-order valence-electron chi connectivity index (χ0n) is 43.4. The molecule has 386 valence electrons. The van der Waals surface area contributed by atoms with E-state index in [9.17, 15) is 41.6 Å². The van der Waals surface area contributed by atoms with Crippen molar-refractivity contribution in [3.63, 3.8) is 0 Å². The molecule has 7 aromatic rings. The Bertz CT molecular complexity index is 3220. The number of Topliss-reactive ketones (excluding diaryl/α,β-unsaturated/α-hetero) is 1. The summed E-state index contributed by atoms with van der Waals surface area (Å²) in [5.74, 6) is -3.89. The van der Waals surface area contributed by atoms with Gasteiger partial charge in [0.15, 0.2) is 29.1 Å². The van der Waals surface area contributed by atoms with Crippen molar-refractivity contribution >= 4 is 56.3 Å². The molecule has 0 aliphatic carbocycles. The molecule has 2 heterocycles. The van der Waals surface area contributed by atoms with E-state index in [-0.39, 0.29) is 40.4 Å². The van der Waals surface area contributed by atoms with Crippen molar-refractivity contribution in [3.8, 4) is 6.07 Å². The Labute approximate surface area is 430 Å². The van der Waals surface area contributed by atoms with Crippen LogP contribution in [0, 0.1) is 57.7 Å². The minimum atomic E-state index is -1.000. The first kappa shape index (κ1) is 57.3. The quantitative estimate of drug-likeness (QED) is 0.0564. The van der Waals surface area contributed by atoms with Crippen LogP contribution in [0.15, 0.2) is 134 Å². The van der Waals surface area contributed by atoms with Gasteiger partial charge in [0.1, 0.15) is 16.9 Å². The highest BCUT2D eigenvalue weighted by molar-refractivity contribution is 6.00. The number of rotatable bonds is 16. The monoisotopic (exact) mass is 1010 g/mol. The van der Waals surface area contributed by atoms with Gasteiger partial charge in [-0.05, 0) is 132 Å². The number of hydrogen-bond donors (Lipinski definition) is 2. The molecule has 0 bridgehead atoms. The third-order valence-electron chi connectivity index (χ3n) is 11.9. The molecule has 74 heavy (non-hydrogen) atoms. The Balaban J connectivity index is 0.000000207. The Kier molecular flexibility index (Phi) is 19.7. The van der Waals surface area contributed by atoms with Crippen LogP contribution in [-0.2, 0) is 0 Å². The van der Waals surface area contributed by atoms with Crippen LogP contribution < -0.4 is 10.6 Å². The molecule has 1 unspecified atom stereocenters. The van der Waals surface area contributed by atoms with Gasteiger partial charge in [-0.25, -0.2) is 22.0 Å². The number of fused-ring (bicyclic) bond motifs is 3. The number of nitrogens with one attached hydrogen (secondary N) is 2. The largest absolute Gasteiger partial charge is 0.347 e. The summed E-state index contributed by atoms with van der Waals surface area (Å²) in [4.78, 5) is 45.4. The van der Waals surface area contributed by atoms with Crippen molar-refractivity contribution in [2.75, 3.05) is 0 Å². The number of pyridine rings is 2. The van der Waals surface area contributed by atoms with Gasteiger partial charge in [0, 0.05) is 57.2 Å². The van der Waals surface area contributed by atoms with E-state index in [0.29, 0.717) is 63.9 Å². The standard InChI is InChI=1S/C23H21F2NO.C20H24F2N2O.C18H19FN2O/c1-23(2,14-6-9-16-7-4-3-5-8-16)26-22(27)18-10-12-19-17(15-18)11-13-20(24)21(19)25;1-13(2)7-5-6-10-20(3,4)24-19(25)15-11-14-8-9-16(21)17(22)18(14)23-12-15;1-12(2)8-18(3,11-20)9-16(22)14-7-13-5-4-6-15(19)17(13)21-10-14/h3-13,15H,14H2,1-2H3,(H,26,27);5-6,8-9,11-13H,7,10H2,1-4H3,(H,24,25);4-7,10,12H,8-9H2,1-3H3/b9-6+;;. The maximum absolute atomic E-state index is 13.8. The van der Waals surface area contributed by atoms with Gasteiger partial charge in [-0.15, -0.1) is 0 Å². The molecular weight excluding hydrogens is 946 g/mol. The number of hydrogen-bond acceptors (Lipinski definition) is 6. The number of aromatic nitrogens is 2. The van der Waals surface area contributed by atoms with Crippen molar-refractivity contribution in [1.82, 2.24) is 20.6 Å². The molecule has 0 saturated heterocycles. The molecule has 0 aliphatic heterocycles. The number of carbonyl (C=O) groups is 3. The van der Waals surface area contributed by atoms with Crippen LogP contribution in [0.5, 0.6) is 0 Å². The molecule has 8 nitrogen and oxygen atoms in total. The Morgan fingerprint density at radius 2 is 1.16 bits per heavy atom. The first-order valence-corrected chi connectivity index (χ1v) is 24.5. The molecule has 2 N–H and O–H groups in total. The summed E-state index contributed by atoms with van der Waals surface area (Å²) < 4.78 is 67.6. The highest BCUT2D eigenvalue weighted by Gasteiger charge is 2.29. The molecule has 0 fully saturated rings. The van der Waals surface area contributed by atoms with Crippen LogP contribution in [-0.4, -0.2) is 38.6 Å². The summed E-state index contributed by atoms with van der Waals surface area (Å²) in [5.41, 5.74) is 0.857. The molecule has 2 aromatic heterocycles. The maximum atomic E-state index is 13.8. The van der Waals surface area contributed by atoms with Gasteiger partial charge in [-0.1, -0.05) is 107 Å². The Hall–Kier alpha value is -7.59. The molecule has 13 heteroatoms. The second-order valence-corrected chi connectivity index (χ2v) is 20.9. The summed E-state index contributed by atoms with van der Waals surface area (Å²) in [5, 5.41) is 16.9. The van der Waals surface area contributed by atoms with Crippen molar-refractivity contribution in [3.05, 3.63) is 185 Å². The lowest BCUT2D eigenvalue weighted by Crippen LogP contribution is -2.43. The van der Waals surface area contributed by atoms with E-state index in [1.165, 1.54) is 48.8 Å². The van der Waals surface area contributed by atoms with Gasteiger partial charge >= 0.3 is 0 Å². The number of para-hydroxylation sites is 1. The van der Waals surface area contributed by atoms with Crippen LogP contribution in [0.3, 0.4) is 0 Å². The first-order chi connectivity index (χ1) is 34.9. The van der Waals surface area contributed by atoms with Crippen molar-refractivity contribution in [2.24, 2.45) is 17.3 Å². The number of benzene rings is 5. The van der Waals surface area contributed by atoms with Gasteiger partial charge < -0.3 is 10.6 Å². The summed E-state index contributed by atoms with van der Waals surface area (Å²) in [6, 6.07) is 29.5. The number of halogens is 5. The molecule has 2 amide bonds. The normalized spacial score (nSPS) is 12.6. The molecular formula is C61H64F5N5O3. The second-order valence-electron chi connectivity index (χ2n) is 20.9. The average Bonchev–Trinajstić information content (AvgIpc) is 3.35. The van der Waals surface area contributed by atoms with Crippen LogP contribution >= 0.6 is 0 Å². The molecule has 0 radical (unpaired) electrons. The van der Waals surface area contributed by atoms with E-state index in [4.69, 9.17) is 0 Å². The minimum absolute atomic E-state index is 0.0765. The molecule has 0 saturated carbocycles. The van der Waals surface area contributed by atoms with E-state index in [1.54, 1.807) is 31.2 Å². The fourth-order valence-electron chi connectivity index (χ4n) is 8.12. The smallest absolute Gasteiger partial charge is 0.253 e. The van der Waals surface area contributed by atoms with Crippen molar-refractivity contribution in [1.29, 1.82) is 5.26 Å². The topological polar surface area (TPSA) is 125 Å². The molecule has 7 rings (SSSR count). The minimum Gasteiger partial charge on any atom is -0.347 e. The zero-order valence-corrected chi connectivity index (χ0v) is 43.4. The molecule has 0 spiro atoms. The lowest BCUT2D eigenvalue weighted by atomic mass is 9.78. The summed E-state index contributed by atoms with van der Waals surface area (Å²) in [6.07, 6.45) is 14.0. The van der Waals surface area contributed by atoms with Crippen LogP contribution in [0.4, 0.5) is 22.0 Å². The van der Waals surface area contributed by atoms with Gasteiger partial charge in [0.2, 0.25) is 0 Å². The third-order valence-corrected chi connectivity index (χ3v) is 11.9. The molecule has 0 aliphatic rings. The Morgan fingerprint density at radius 3 is 1.81 bits per heavy atom. The van der Waals surface area contributed by atoms with Gasteiger partial charge in [-0.3, -0.25) is 24.4 Å².